The van der Waals surface area contributed by atoms with Crippen molar-refractivity contribution in [3.8, 4) is 17.2 Å². The van der Waals surface area contributed by atoms with Crippen LogP contribution < -0.4 is 15.2 Å². The van der Waals surface area contributed by atoms with E-state index in [1.54, 1.807) is 6.07 Å². The third-order valence-electron chi connectivity index (χ3n) is 2.05. The van der Waals surface area contributed by atoms with Gasteiger partial charge in [-0.2, -0.15) is 0 Å². The summed E-state index contributed by atoms with van der Waals surface area (Å²) in [6.07, 6.45) is 0. The van der Waals surface area contributed by atoms with Crippen LogP contribution >= 0.6 is 15.9 Å². The number of benzene rings is 1. The van der Waals surface area contributed by atoms with Crippen LogP contribution in [0.5, 0.6) is 17.2 Å². The van der Waals surface area contributed by atoms with Crippen molar-refractivity contribution in [1.82, 2.24) is 0 Å². The summed E-state index contributed by atoms with van der Waals surface area (Å²) in [6.45, 7) is -0.157. The summed E-state index contributed by atoms with van der Waals surface area (Å²) in [5.41, 5.74) is 5.31. The molecule has 15 heavy (non-hydrogen) atoms. The Morgan fingerprint density at radius 3 is 3.00 bits per heavy atom. The molecule has 2 rings (SSSR count). The summed E-state index contributed by atoms with van der Waals surface area (Å²) >= 11 is 3.12. The van der Waals surface area contributed by atoms with E-state index in [4.69, 9.17) is 15.2 Å². The zero-order valence-corrected chi connectivity index (χ0v) is 9.20. The predicted molar refractivity (Wildman–Crippen MR) is 55.3 cm³/mol. The fourth-order valence-electron chi connectivity index (χ4n) is 1.36. The van der Waals surface area contributed by atoms with Crippen molar-refractivity contribution in [2.75, 3.05) is 13.3 Å². The predicted octanol–water partition coefficient (Wildman–Crippen LogP) is 1.02. The van der Waals surface area contributed by atoms with Crippen molar-refractivity contribution in [1.29, 1.82) is 0 Å². The lowest BCUT2D eigenvalue weighted by atomic mass is 10.1. The SMILES string of the molecule is NCC(=O)c1c(O)c(Br)cc2c1OCO2. The number of halogens is 1. The van der Waals surface area contributed by atoms with Crippen molar-refractivity contribution >= 4 is 21.7 Å². The first-order chi connectivity index (χ1) is 7.15. The highest BCUT2D eigenvalue weighted by molar-refractivity contribution is 9.10. The lowest BCUT2D eigenvalue weighted by molar-refractivity contribution is 0.0994. The molecule has 5 nitrogen and oxygen atoms in total. The van der Waals surface area contributed by atoms with Gasteiger partial charge in [0.2, 0.25) is 6.79 Å². The molecule has 0 unspecified atom stereocenters. The van der Waals surface area contributed by atoms with E-state index in [2.05, 4.69) is 15.9 Å². The summed E-state index contributed by atoms with van der Waals surface area (Å²) in [4.78, 5) is 11.5. The van der Waals surface area contributed by atoms with Crippen molar-refractivity contribution in [3.63, 3.8) is 0 Å². The molecule has 1 aromatic carbocycles. The van der Waals surface area contributed by atoms with Gasteiger partial charge in [-0.05, 0) is 15.9 Å². The summed E-state index contributed by atoms with van der Waals surface area (Å²) in [5.74, 6) is 0.118. The van der Waals surface area contributed by atoms with Crippen molar-refractivity contribution in [3.05, 3.63) is 16.1 Å². The smallest absolute Gasteiger partial charge is 0.231 e. The molecule has 80 valence electrons. The van der Waals surface area contributed by atoms with Gasteiger partial charge in [-0.25, -0.2) is 0 Å². The molecular weight excluding hydrogens is 266 g/mol. The Bertz CT molecular complexity index is 433. The standard InChI is InChI=1S/C9H8BrNO4/c10-4-1-6-9(15-3-14-6)7(8(4)13)5(12)2-11/h1,13H,2-3,11H2. The molecule has 3 N–H and O–H groups in total. The van der Waals surface area contributed by atoms with Crippen LogP contribution in [0, 0.1) is 0 Å². The first kappa shape index (κ1) is 10.3. The van der Waals surface area contributed by atoms with Gasteiger partial charge < -0.3 is 20.3 Å². The van der Waals surface area contributed by atoms with Crippen LogP contribution in [0.3, 0.4) is 0 Å². The molecule has 0 radical (unpaired) electrons. The van der Waals surface area contributed by atoms with E-state index in [1.807, 2.05) is 0 Å². The molecule has 0 atom stereocenters. The van der Waals surface area contributed by atoms with Crippen LogP contribution in [0.4, 0.5) is 0 Å². The highest BCUT2D eigenvalue weighted by Crippen LogP contribution is 2.44. The van der Waals surface area contributed by atoms with Crippen molar-refractivity contribution < 1.29 is 19.4 Å². The number of carbonyl (C=O) groups is 1. The van der Waals surface area contributed by atoms with E-state index in [1.165, 1.54) is 0 Å². The summed E-state index contributed by atoms with van der Waals surface area (Å²) < 4.78 is 10.6. The van der Waals surface area contributed by atoms with Crippen LogP contribution in [0.15, 0.2) is 10.5 Å². The number of ether oxygens (including phenoxy) is 2. The number of aromatic hydroxyl groups is 1. The summed E-state index contributed by atoms with van der Waals surface area (Å²) in [6, 6.07) is 1.55. The average molecular weight is 274 g/mol. The fourth-order valence-corrected chi connectivity index (χ4v) is 1.77. The minimum absolute atomic E-state index is 0.0378. The Hall–Kier alpha value is -1.27. The molecule has 1 aliphatic rings. The van der Waals surface area contributed by atoms with Crippen LogP contribution in [-0.2, 0) is 0 Å². The van der Waals surface area contributed by atoms with E-state index in [-0.39, 0.29) is 30.4 Å². The number of ketones is 1. The van der Waals surface area contributed by atoms with Crippen LogP contribution in [0.1, 0.15) is 10.4 Å². The number of Topliss-reactive ketones (excluding diaryl/α,β-unsaturated/α-hetero) is 1. The number of nitrogens with two attached hydrogens (primary N) is 1. The Morgan fingerprint density at radius 1 is 1.60 bits per heavy atom. The average Bonchev–Trinajstić information content (AvgIpc) is 2.66. The third-order valence-corrected chi connectivity index (χ3v) is 2.66. The first-order valence-electron chi connectivity index (χ1n) is 4.19. The Morgan fingerprint density at radius 2 is 2.33 bits per heavy atom. The molecule has 0 amide bonds. The third kappa shape index (κ3) is 1.55. The number of fused-ring (bicyclic) bond motifs is 1. The molecular formula is C9H8BrNO4. The monoisotopic (exact) mass is 273 g/mol. The maximum Gasteiger partial charge on any atom is 0.231 e. The van der Waals surface area contributed by atoms with Gasteiger partial charge in [0.1, 0.15) is 11.3 Å². The van der Waals surface area contributed by atoms with Gasteiger partial charge in [-0.3, -0.25) is 4.79 Å². The maximum absolute atomic E-state index is 11.5. The molecule has 1 aliphatic heterocycles. The van der Waals surface area contributed by atoms with Gasteiger partial charge in [0.15, 0.2) is 17.3 Å². The second-order valence-electron chi connectivity index (χ2n) is 2.94. The highest BCUT2D eigenvalue weighted by Gasteiger charge is 2.27. The zero-order chi connectivity index (χ0) is 11.0. The number of rotatable bonds is 2. The molecule has 1 aromatic rings. The normalized spacial score (nSPS) is 12.9. The molecule has 0 bridgehead atoms. The Balaban J connectivity index is 2.65. The van der Waals surface area contributed by atoms with Crippen LogP contribution in [0.2, 0.25) is 0 Å². The van der Waals surface area contributed by atoms with E-state index in [0.717, 1.165) is 0 Å². The first-order valence-corrected chi connectivity index (χ1v) is 4.98. The van der Waals surface area contributed by atoms with Crippen molar-refractivity contribution in [2.24, 2.45) is 5.73 Å². The molecule has 0 aliphatic carbocycles. The van der Waals surface area contributed by atoms with Crippen LogP contribution in [-0.4, -0.2) is 24.2 Å². The molecule has 0 saturated heterocycles. The molecule has 0 aromatic heterocycles. The van der Waals surface area contributed by atoms with Gasteiger partial charge in [0.05, 0.1) is 11.0 Å². The Labute approximate surface area is 93.9 Å². The number of phenols is 1. The van der Waals surface area contributed by atoms with Crippen LogP contribution in [0.25, 0.3) is 0 Å². The van der Waals surface area contributed by atoms with Gasteiger partial charge in [-0.15, -0.1) is 0 Å². The van der Waals surface area contributed by atoms with Gasteiger partial charge in [0.25, 0.3) is 0 Å². The fraction of sp³-hybridized carbons (Fsp3) is 0.222. The van der Waals surface area contributed by atoms with Crippen molar-refractivity contribution in [2.45, 2.75) is 0 Å². The largest absolute Gasteiger partial charge is 0.506 e. The maximum atomic E-state index is 11.5. The minimum Gasteiger partial charge on any atom is -0.506 e. The van der Waals surface area contributed by atoms with Gasteiger partial charge in [0, 0.05) is 6.07 Å². The molecule has 0 saturated carbocycles. The van der Waals surface area contributed by atoms with Gasteiger partial charge >= 0.3 is 0 Å². The molecule has 1 heterocycles. The zero-order valence-electron chi connectivity index (χ0n) is 7.62. The molecule has 0 fully saturated rings. The number of hydrogen-bond donors (Lipinski definition) is 2. The van der Waals surface area contributed by atoms with E-state index < -0.39 is 5.78 Å². The number of carbonyl (C=O) groups excluding carboxylic acids is 1. The number of phenolic OH excluding ortho intramolecular Hbond substituents is 1. The summed E-state index contributed by atoms with van der Waals surface area (Å²) in [5, 5.41) is 9.70. The van der Waals surface area contributed by atoms with Gasteiger partial charge in [-0.1, -0.05) is 0 Å². The van der Waals surface area contributed by atoms with E-state index >= 15 is 0 Å². The second kappa shape index (κ2) is 3.71. The van der Waals surface area contributed by atoms with E-state index in [9.17, 15) is 9.90 Å². The Kier molecular flexibility index (Phi) is 2.54. The quantitative estimate of drug-likeness (QED) is 0.787. The molecule has 6 heteroatoms. The minimum atomic E-state index is -0.393. The second-order valence-corrected chi connectivity index (χ2v) is 3.80. The van der Waals surface area contributed by atoms with E-state index in [0.29, 0.717) is 10.2 Å². The molecule has 0 spiro atoms. The topological polar surface area (TPSA) is 81.8 Å². The lowest BCUT2D eigenvalue weighted by Crippen LogP contribution is -2.14. The number of hydrogen-bond acceptors (Lipinski definition) is 5. The summed E-state index contributed by atoms with van der Waals surface area (Å²) in [7, 11) is 0. The lowest BCUT2D eigenvalue weighted by Gasteiger charge is -2.07. The highest BCUT2D eigenvalue weighted by atomic mass is 79.9.